The van der Waals surface area contributed by atoms with Gasteiger partial charge in [0.05, 0.1) is 11.6 Å². The Balaban J connectivity index is 2.01. The summed E-state index contributed by atoms with van der Waals surface area (Å²) in [6, 6.07) is 1.42. The monoisotopic (exact) mass is 291 g/mol. The molecule has 2 aromatic heterocycles. The van der Waals surface area contributed by atoms with E-state index in [-0.39, 0.29) is 11.9 Å². The van der Waals surface area contributed by atoms with E-state index in [2.05, 4.69) is 15.3 Å². The van der Waals surface area contributed by atoms with Crippen molar-refractivity contribution in [3.63, 3.8) is 0 Å². The molecule has 0 radical (unpaired) electrons. The molecule has 2 heterocycles. The molecule has 0 spiro atoms. The van der Waals surface area contributed by atoms with E-state index >= 15 is 0 Å². The fraction of sp³-hybridized carbons (Fsp3) is 0.154. The van der Waals surface area contributed by atoms with Crippen LogP contribution in [0.25, 0.3) is 6.08 Å². The Kier molecular flexibility index (Phi) is 4.31. The third kappa shape index (κ3) is 3.55. The number of hydrogen-bond acceptors (Lipinski definition) is 4. The van der Waals surface area contributed by atoms with Crippen LogP contribution in [0.3, 0.4) is 0 Å². The van der Waals surface area contributed by atoms with Gasteiger partial charge in [-0.05, 0) is 19.1 Å². The van der Waals surface area contributed by atoms with Gasteiger partial charge in [-0.25, -0.2) is 9.78 Å². The maximum Gasteiger partial charge on any atom is 0.328 e. The number of carbonyl (C=O) groups is 2. The van der Waals surface area contributed by atoms with Gasteiger partial charge in [-0.15, -0.1) is 11.3 Å². The molecule has 1 unspecified atom stereocenters. The first kappa shape index (κ1) is 14.0. The van der Waals surface area contributed by atoms with Gasteiger partial charge >= 0.3 is 5.97 Å². The Hall–Kier alpha value is -2.41. The van der Waals surface area contributed by atoms with Gasteiger partial charge in [0.25, 0.3) is 5.91 Å². The number of nitrogens with one attached hydrogen (secondary N) is 2. The van der Waals surface area contributed by atoms with Crippen molar-refractivity contribution < 1.29 is 14.7 Å². The Morgan fingerprint density at radius 3 is 3.00 bits per heavy atom. The first-order chi connectivity index (χ1) is 9.56. The summed E-state index contributed by atoms with van der Waals surface area (Å²) in [5.41, 5.74) is 0.499. The summed E-state index contributed by atoms with van der Waals surface area (Å²) >= 11 is 1.31. The molecule has 0 saturated heterocycles. The van der Waals surface area contributed by atoms with Crippen LogP contribution in [0.15, 0.2) is 29.9 Å². The van der Waals surface area contributed by atoms with Gasteiger partial charge in [0.1, 0.15) is 5.82 Å². The first-order valence-electron chi connectivity index (χ1n) is 5.86. The third-order valence-electron chi connectivity index (χ3n) is 2.55. The van der Waals surface area contributed by atoms with Gasteiger partial charge in [0.15, 0.2) is 0 Å². The molecule has 1 amide bonds. The molecule has 2 rings (SSSR count). The Morgan fingerprint density at radius 2 is 2.35 bits per heavy atom. The molecule has 0 saturated carbocycles. The fourth-order valence-electron chi connectivity index (χ4n) is 1.58. The van der Waals surface area contributed by atoms with Gasteiger partial charge in [-0.3, -0.25) is 4.79 Å². The molecular weight excluding hydrogens is 278 g/mol. The molecule has 0 bridgehead atoms. The highest BCUT2D eigenvalue weighted by atomic mass is 32.1. The van der Waals surface area contributed by atoms with Crippen molar-refractivity contribution in [3.05, 3.63) is 46.2 Å². The van der Waals surface area contributed by atoms with E-state index in [0.29, 0.717) is 16.3 Å². The predicted molar refractivity (Wildman–Crippen MR) is 75.5 cm³/mol. The van der Waals surface area contributed by atoms with Crippen LogP contribution in [0.5, 0.6) is 0 Å². The van der Waals surface area contributed by atoms with Crippen molar-refractivity contribution in [2.45, 2.75) is 13.0 Å². The van der Waals surface area contributed by atoms with Gasteiger partial charge in [0, 0.05) is 28.7 Å². The quantitative estimate of drug-likeness (QED) is 0.735. The number of aromatic nitrogens is 2. The lowest BCUT2D eigenvalue weighted by molar-refractivity contribution is -0.131. The molecule has 0 aromatic carbocycles. The molecular formula is C13H13N3O3S. The number of aromatic amines is 1. The van der Waals surface area contributed by atoms with E-state index in [1.807, 2.05) is 6.92 Å². The zero-order chi connectivity index (χ0) is 14.5. The number of carboxylic acids is 1. The molecule has 0 aliphatic rings. The summed E-state index contributed by atoms with van der Waals surface area (Å²) in [5.74, 6) is -0.560. The second-order valence-corrected chi connectivity index (χ2v) is 5.02. The maximum atomic E-state index is 12.0. The van der Waals surface area contributed by atoms with E-state index in [4.69, 9.17) is 5.11 Å². The van der Waals surface area contributed by atoms with E-state index < -0.39 is 5.97 Å². The Labute approximate surface area is 119 Å². The van der Waals surface area contributed by atoms with Crippen molar-refractivity contribution >= 4 is 29.3 Å². The summed E-state index contributed by atoms with van der Waals surface area (Å²) < 4.78 is 0. The van der Waals surface area contributed by atoms with E-state index in [9.17, 15) is 9.59 Å². The lowest BCUT2D eigenvalue weighted by atomic mass is 10.2. The molecule has 0 aliphatic heterocycles. The predicted octanol–water partition coefficient (Wildman–Crippen LogP) is 2.06. The number of H-pyrrole nitrogens is 1. The van der Waals surface area contributed by atoms with Crippen LogP contribution >= 0.6 is 11.3 Å². The summed E-state index contributed by atoms with van der Waals surface area (Å²) in [4.78, 5) is 30.1. The van der Waals surface area contributed by atoms with Crippen LogP contribution < -0.4 is 5.32 Å². The summed E-state index contributed by atoms with van der Waals surface area (Å²) in [6.45, 7) is 1.83. The van der Waals surface area contributed by atoms with Crippen molar-refractivity contribution in [2.24, 2.45) is 0 Å². The highest BCUT2D eigenvalue weighted by Gasteiger charge is 2.14. The number of amides is 1. The summed E-state index contributed by atoms with van der Waals surface area (Å²) in [7, 11) is 0. The van der Waals surface area contributed by atoms with E-state index in [1.54, 1.807) is 23.8 Å². The maximum absolute atomic E-state index is 12.0. The lowest BCUT2D eigenvalue weighted by Crippen LogP contribution is -2.26. The summed E-state index contributed by atoms with van der Waals surface area (Å²) in [5, 5.41) is 13.0. The second kappa shape index (κ2) is 6.16. The van der Waals surface area contributed by atoms with E-state index in [1.165, 1.54) is 17.4 Å². The molecule has 3 N–H and O–H groups in total. The average molecular weight is 291 g/mol. The van der Waals surface area contributed by atoms with E-state index in [0.717, 1.165) is 6.08 Å². The van der Waals surface area contributed by atoms with Gasteiger partial charge in [0.2, 0.25) is 0 Å². The standard InChI is InChI=1S/C13H13N3O3S/c1-8(12-14-4-5-15-12)16-13(19)9-6-10(20-7-9)2-3-11(17)18/h2-8H,1H3,(H,14,15)(H,16,19)(H,17,18)/b3-2+. The average Bonchev–Trinajstić information content (AvgIpc) is 3.07. The number of aliphatic carboxylic acids is 1. The Morgan fingerprint density at radius 1 is 1.55 bits per heavy atom. The van der Waals surface area contributed by atoms with Crippen molar-refractivity contribution in [1.29, 1.82) is 0 Å². The van der Waals surface area contributed by atoms with Crippen LogP contribution in [0.1, 0.15) is 34.0 Å². The second-order valence-electron chi connectivity index (χ2n) is 4.08. The highest BCUT2D eigenvalue weighted by Crippen LogP contribution is 2.17. The molecule has 7 heteroatoms. The number of thiophene rings is 1. The molecule has 2 aromatic rings. The fourth-order valence-corrected chi connectivity index (χ4v) is 2.36. The van der Waals surface area contributed by atoms with Crippen molar-refractivity contribution in [3.8, 4) is 0 Å². The van der Waals surface area contributed by atoms with Gasteiger partial charge in [-0.1, -0.05) is 0 Å². The minimum atomic E-state index is -1.02. The smallest absolute Gasteiger partial charge is 0.328 e. The molecule has 1 atom stereocenters. The number of imidazole rings is 1. The number of nitrogens with zero attached hydrogens (tertiary/aromatic N) is 1. The number of hydrogen-bond donors (Lipinski definition) is 3. The SMILES string of the molecule is CC(NC(=O)c1csc(/C=C/C(=O)O)c1)c1ncc[nH]1. The highest BCUT2D eigenvalue weighted by molar-refractivity contribution is 7.11. The van der Waals surface area contributed by atoms with Crippen LogP contribution in [-0.4, -0.2) is 27.0 Å². The number of carbonyl (C=O) groups excluding carboxylic acids is 1. The normalized spacial score (nSPS) is 12.4. The Bertz CT molecular complexity index is 631. The third-order valence-corrected chi connectivity index (χ3v) is 3.45. The lowest BCUT2D eigenvalue weighted by Gasteiger charge is -2.10. The molecule has 104 valence electrons. The zero-order valence-corrected chi connectivity index (χ0v) is 11.5. The van der Waals surface area contributed by atoms with Crippen LogP contribution in [0, 0.1) is 0 Å². The minimum absolute atomic E-state index is 0.222. The van der Waals surface area contributed by atoms with Gasteiger partial charge in [-0.2, -0.15) is 0 Å². The molecule has 20 heavy (non-hydrogen) atoms. The minimum Gasteiger partial charge on any atom is -0.478 e. The summed E-state index contributed by atoms with van der Waals surface area (Å²) in [6.07, 6.45) is 5.81. The van der Waals surface area contributed by atoms with Crippen molar-refractivity contribution in [1.82, 2.24) is 15.3 Å². The van der Waals surface area contributed by atoms with Crippen LogP contribution in [0.2, 0.25) is 0 Å². The van der Waals surface area contributed by atoms with Gasteiger partial charge < -0.3 is 15.4 Å². The van der Waals surface area contributed by atoms with Crippen LogP contribution in [-0.2, 0) is 4.79 Å². The number of carboxylic acid groups (broad SMARTS) is 1. The number of rotatable bonds is 5. The van der Waals surface area contributed by atoms with Crippen molar-refractivity contribution in [2.75, 3.05) is 0 Å². The molecule has 6 nitrogen and oxygen atoms in total. The molecule has 0 fully saturated rings. The van der Waals surface area contributed by atoms with Crippen LogP contribution in [0.4, 0.5) is 0 Å². The first-order valence-corrected chi connectivity index (χ1v) is 6.74. The molecule has 0 aliphatic carbocycles. The topological polar surface area (TPSA) is 95.1 Å². The largest absolute Gasteiger partial charge is 0.478 e. The zero-order valence-electron chi connectivity index (χ0n) is 10.7.